The van der Waals surface area contributed by atoms with Crippen molar-refractivity contribution in [1.82, 2.24) is 0 Å². The molecule has 1 unspecified atom stereocenters. The van der Waals surface area contributed by atoms with Crippen LogP contribution < -0.4 is 4.74 Å². The Kier molecular flexibility index (Phi) is 4.71. The number of rotatable bonds is 3. The summed E-state index contributed by atoms with van der Waals surface area (Å²) in [5.41, 5.74) is 0.698. The van der Waals surface area contributed by atoms with E-state index in [2.05, 4.69) is 4.40 Å². The molecular weight excluding hydrogens is 258 g/mol. The number of benzene rings is 1. The highest BCUT2D eigenvalue weighted by atomic mass is 35.5. The van der Waals surface area contributed by atoms with Crippen LogP contribution in [0.25, 0.3) is 0 Å². The molecule has 1 aromatic rings. The molecule has 17 heavy (non-hydrogen) atoms. The Bertz CT molecular complexity index is 452. The van der Waals surface area contributed by atoms with E-state index >= 15 is 0 Å². The molecule has 0 heterocycles. The summed E-state index contributed by atoms with van der Waals surface area (Å²) in [6.45, 7) is 5.61. The van der Waals surface area contributed by atoms with E-state index in [0.717, 1.165) is 0 Å². The fourth-order valence-electron chi connectivity index (χ4n) is 1.01. The zero-order valence-corrected chi connectivity index (χ0v) is 11.9. The van der Waals surface area contributed by atoms with Gasteiger partial charge in [-0.15, -0.1) is 0 Å². The first-order valence-electron chi connectivity index (χ1n) is 5.14. The fourth-order valence-corrected chi connectivity index (χ4v) is 1.70. The van der Waals surface area contributed by atoms with Crippen LogP contribution in [-0.2, 0) is 11.0 Å². The van der Waals surface area contributed by atoms with Crippen molar-refractivity contribution in [1.29, 1.82) is 0 Å². The summed E-state index contributed by atoms with van der Waals surface area (Å²) in [5, 5.41) is 0.556. The minimum absolute atomic E-state index is 0.373. The highest BCUT2D eigenvalue weighted by molar-refractivity contribution is 7.85. The van der Waals surface area contributed by atoms with Crippen LogP contribution in [-0.4, -0.2) is 22.3 Å². The maximum absolute atomic E-state index is 11.7. The van der Waals surface area contributed by atoms with Crippen LogP contribution >= 0.6 is 11.6 Å². The third-order valence-electron chi connectivity index (χ3n) is 2.01. The molecule has 1 aromatic carbocycles. The Morgan fingerprint density at radius 3 is 2.59 bits per heavy atom. The van der Waals surface area contributed by atoms with Crippen molar-refractivity contribution in [2.75, 3.05) is 7.11 Å². The Labute approximate surface area is 109 Å². The van der Waals surface area contributed by atoms with E-state index in [1.54, 1.807) is 25.3 Å². The van der Waals surface area contributed by atoms with Gasteiger partial charge in [0.05, 0.1) is 11.9 Å². The van der Waals surface area contributed by atoms with Crippen molar-refractivity contribution in [3.8, 4) is 5.75 Å². The molecule has 0 saturated carbocycles. The van der Waals surface area contributed by atoms with E-state index in [-0.39, 0.29) is 4.75 Å². The lowest BCUT2D eigenvalue weighted by Crippen LogP contribution is -2.19. The van der Waals surface area contributed by atoms with Crippen LogP contribution in [0.5, 0.6) is 5.75 Å². The molecule has 0 aliphatic rings. The van der Waals surface area contributed by atoms with E-state index in [9.17, 15) is 4.21 Å². The summed E-state index contributed by atoms with van der Waals surface area (Å²) >= 11 is 6.01. The summed E-state index contributed by atoms with van der Waals surface area (Å²) in [4.78, 5) is 0. The van der Waals surface area contributed by atoms with Crippen LogP contribution in [0.3, 0.4) is 0 Å². The zero-order valence-electron chi connectivity index (χ0n) is 10.4. The van der Waals surface area contributed by atoms with Gasteiger partial charge in [0.15, 0.2) is 0 Å². The van der Waals surface area contributed by atoms with E-state index < -0.39 is 11.0 Å². The molecule has 0 fully saturated rings. The average molecular weight is 274 g/mol. The Morgan fingerprint density at radius 2 is 2.06 bits per heavy atom. The first-order chi connectivity index (χ1) is 7.84. The van der Waals surface area contributed by atoms with E-state index in [1.165, 1.54) is 6.21 Å². The minimum atomic E-state index is -1.28. The molecule has 0 saturated heterocycles. The third kappa shape index (κ3) is 4.13. The molecule has 0 radical (unpaired) electrons. The normalized spacial score (nSPS) is 13.9. The molecule has 0 bridgehead atoms. The van der Waals surface area contributed by atoms with Crippen LogP contribution in [0.2, 0.25) is 5.02 Å². The molecule has 3 nitrogen and oxygen atoms in total. The van der Waals surface area contributed by atoms with Gasteiger partial charge in [-0.2, -0.15) is 4.40 Å². The minimum Gasteiger partial charge on any atom is -0.497 e. The van der Waals surface area contributed by atoms with Gasteiger partial charge < -0.3 is 4.74 Å². The molecule has 5 heteroatoms. The lowest BCUT2D eigenvalue weighted by molar-refractivity contribution is 0.415. The second-order valence-corrected chi connectivity index (χ2v) is 6.82. The predicted molar refractivity (Wildman–Crippen MR) is 73.5 cm³/mol. The maximum atomic E-state index is 11.7. The van der Waals surface area contributed by atoms with Gasteiger partial charge >= 0.3 is 0 Å². The number of ether oxygens (including phenoxy) is 1. The number of nitrogens with zero attached hydrogens (tertiary/aromatic N) is 1. The summed E-state index contributed by atoms with van der Waals surface area (Å²) in [5.74, 6) is 0.692. The molecule has 0 amide bonds. The number of methoxy groups -OCH3 is 1. The number of hydrogen-bond acceptors (Lipinski definition) is 2. The number of halogens is 1. The van der Waals surface area contributed by atoms with Crippen LogP contribution in [0.1, 0.15) is 26.3 Å². The third-order valence-corrected chi connectivity index (χ3v) is 3.70. The monoisotopic (exact) mass is 273 g/mol. The van der Waals surface area contributed by atoms with Gasteiger partial charge in [-0.1, -0.05) is 11.6 Å². The molecular formula is C12H16ClNO2S. The molecule has 0 aliphatic heterocycles. The molecule has 0 aliphatic carbocycles. The highest BCUT2D eigenvalue weighted by Gasteiger charge is 2.18. The second-order valence-electron chi connectivity index (χ2n) is 4.48. The maximum Gasteiger partial charge on any atom is 0.144 e. The average Bonchev–Trinajstić information content (AvgIpc) is 2.26. The standard InChI is InChI=1S/C12H16ClNO2S/c1-12(2,3)17(15)14-8-9-7-10(16-4)5-6-11(9)13/h5-8H,1-4H3. The van der Waals surface area contributed by atoms with Crippen molar-refractivity contribution >= 4 is 28.8 Å². The van der Waals surface area contributed by atoms with E-state index in [4.69, 9.17) is 16.3 Å². The first kappa shape index (κ1) is 14.2. The van der Waals surface area contributed by atoms with Crippen molar-refractivity contribution in [3.05, 3.63) is 28.8 Å². The largest absolute Gasteiger partial charge is 0.497 e. The van der Waals surface area contributed by atoms with Crippen LogP contribution in [0, 0.1) is 0 Å². The van der Waals surface area contributed by atoms with E-state index in [1.807, 2.05) is 20.8 Å². The second kappa shape index (κ2) is 5.65. The van der Waals surface area contributed by atoms with Crippen LogP contribution in [0.4, 0.5) is 0 Å². The first-order valence-corrected chi connectivity index (χ1v) is 6.62. The number of hydrogen-bond donors (Lipinski definition) is 0. The topological polar surface area (TPSA) is 38.7 Å². The van der Waals surface area contributed by atoms with Crippen molar-refractivity contribution < 1.29 is 8.95 Å². The SMILES string of the molecule is COc1ccc(Cl)c(C=NS(=O)C(C)(C)C)c1. The summed E-state index contributed by atoms with van der Waals surface area (Å²) in [7, 11) is 0.296. The zero-order chi connectivity index (χ0) is 13.1. The van der Waals surface area contributed by atoms with Gasteiger partial charge in [-0.3, -0.25) is 0 Å². The summed E-state index contributed by atoms with van der Waals surface area (Å²) < 4.78 is 20.5. The smallest absolute Gasteiger partial charge is 0.144 e. The Morgan fingerprint density at radius 1 is 1.41 bits per heavy atom. The van der Waals surface area contributed by atoms with Gasteiger partial charge in [-0.05, 0) is 39.0 Å². The quantitative estimate of drug-likeness (QED) is 0.793. The molecule has 0 spiro atoms. The van der Waals surface area contributed by atoms with Gasteiger partial charge in [0, 0.05) is 16.8 Å². The predicted octanol–water partition coefficient (Wildman–Crippen LogP) is 3.23. The summed E-state index contributed by atoms with van der Waals surface area (Å²) in [6, 6.07) is 5.24. The molecule has 1 atom stereocenters. The van der Waals surface area contributed by atoms with Crippen molar-refractivity contribution in [2.45, 2.75) is 25.5 Å². The fraction of sp³-hybridized carbons (Fsp3) is 0.417. The molecule has 0 N–H and O–H groups in total. The summed E-state index contributed by atoms with van der Waals surface area (Å²) in [6.07, 6.45) is 1.52. The van der Waals surface area contributed by atoms with Gasteiger partial charge in [0.25, 0.3) is 0 Å². The molecule has 94 valence electrons. The highest BCUT2D eigenvalue weighted by Crippen LogP contribution is 2.21. The molecule has 1 rings (SSSR count). The lowest BCUT2D eigenvalue weighted by Gasteiger charge is -2.12. The Balaban J connectivity index is 2.95. The van der Waals surface area contributed by atoms with Gasteiger partial charge in [-0.25, -0.2) is 4.21 Å². The lowest BCUT2D eigenvalue weighted by atomic mass is 10.2. The van der Waals surface area contributed by atoms with Gasteiger partial charge in [0.1, 0.15) is 16.7 Å². The van der Waals surface area contributed by atoms with Crippen molar-refractivity contribution in [3.63, 3.8) is 0 Å². The molecule has 0 aromatic heterocycles. The van der Waals surface area contributed by atoms with E-state index in [0.29, 0.717) is 16.3 Å². The van der Waals surface area contributed by atoms with Crippen molar-refractivity contribution in [2.24, 2.45) is 4.40 Å². The Hall–Kier alpha value is -0.870. The van der Waals surface area contributed by atoms with Gasteiger partial charge in [0.2, 0.25) is 0 Å². The van der Waals surface area contributed by atoms with Crippen LogP contribution in [0.15, 0.2) is 22.6 Å².